The van der Waals surface area contributed by atoms with Crippen molar-refractivity contribution >= 4 is 0 Å². The van der Waals surface area contributed by atoms with Gasteiger partial charge in [0.2, 0.25) is 0 Å². The molecular formula is C13H18O3. The lowest BCUT2D eigenvalue weighted by Gasteiger charge is -2.16. The third-order valence-corrected chi connectivity index (χ3v) is 2.80. The van der Waals surface area contributed by atoms with Gasteiger partial charge in [-0.1, -0.05) is 25.1 Å². The third kappa shape index (κ3) is 2.36. The van der Waals surface area contributed by atoms with Crippen molar-refractivity contribution in [2.45, 2.75) is 39.8 Å². The number of ether oxygens (including phenoxy) is 3. The minimum absolute atomic E-state index is 0.161. The molecule has 1 aliphatic heterocycles. The number of aryl methyl sites for hydroxylation is 2. The standard InChI is InChI=1S/C13H18O3/c1-4-11-8-14-13(15-11)16-12-9(2)6-5-7-10(12)3/h5-7,11,13H,4,8H2,1-3H3. The molecule has 2 unspecified atom stereocenters. The Morgan fingerprint density at radius 3 is 2.56 bits per heavy atom. The van der Waals surface area contributed by atoms with Crippen LogP contribution in [0.1, 0.15) is 24.5 Å². The first-order valence-electron chi connectivity index (χ1n) is 5.70. The SMILES string of the molecule is CCC1COC(Oc2c(C)cccc2C)O1. The van der Waals surface area contributed by atoms with Crippen LogP contribution < -0.4 is 4.74 Å². The molecule has 2 atom stereocenters. The van der Waals surface area contributed by atoms with Crippen molar-refractivity contribution in [1.82, 2.24) is 0 Å². The van der Waals surface area contributed by atoms with Gasteiger partial charge in [-0.25, -0.2) is 0 Å². The summed E-state index contributed by atoms with van der Waals surface area (Å²) in [5.41, 5.74) is 2.21. The van der Waals surface area contributed by atoms with Gasteiger partial charge in [0, 0.05) is 0 Å². The number of hydrogen-bond donors (Lipinski definition) is 0. The van der Waals surface area contributed by atoms with Crippen LogP contribution in [0.2, 0.25) is 0 Å². The summed E-state index contributed by atoms with van der Waals surface area (Å²) < 4.78 is 16.7. The maximum absolute atomic E-state index is 5.72. The van der Waals surface area contributed by atoms with Crippen LogP contribution in [0, 0.1) is 13.8 Å². The fourth-order valence-corrected chi connectivity index (χ4v) is 1.78. The minimum Gasteiger partial charge on any atom is -0.441 e. The molecule has 2 rings (SSSR count). The summed E-state index contributed by atoms with van der Waals surface area (Å²) in [6.07, 6.45) is 1.11. The number of rotatable bonds is 3. The summed E-state index contributed by atoms with van der Waals surface area (Å²) in [6, 6.07) is 6.06. The van der Waals surface area contributed by atoms with Crippen LogP contribution in [0.3, 0.4) is 0 Å². The summed E-state index contributed by atoms with van der Waals surface area (Å²) in [5, 5.41) is 0. The molecule has 3 heteroatoms. The highest BCUT2D eigenvalue weighted by molar-refractivity contribution is 5.39. The number of para-hydroxylation sites is 1. The van der Waals surface area contributed by atoms with Gasteiger partial charge in [-0.05, 0) is 31.4 Å². The van der Waals surface area contributed by atoms with Crippen molar-refractivity contribution in [3.05, 3.63) is 29.3 Å². The predicted octanol–water partition coefficient (Wildman–Crippen LogP) is 2.79. The van der Waals surface area contributed by atoms with Crippen LogP contribution in [0.4, 0.5) is 0 Å². The molecule has 1 aliphatic rings. The van der Waals surface area contributed by atoms with Crippen molar-refractivity contribution in [1.29, 1.82) is 0 Å². The summed E-state index contributed by atoms with van der Waals surface area (Å²) in [4.78, 5) is 0. The molecule has 0 radical (unpaired) electrons. The smallest absolute Gasteiger partial charge is 0.316 e. The van der Waals surface area contributed by atoms with E-state index in [0.717, 1.165) is 23.3 Å². The summed E-state index contributed by atoms with van der Waals surface area (Å²) in [5.74, 6) is 0.865. The molecule has 0 aromatic heterocycles. The van der Waals surface area contributed by atoms with Crippen molar-refractivity contribution in [3.8, 4) is 5.75 Å². The average molecular weight is 222 g/mol. The molecule has 0 saturated carbocycles. The van der Waals surface area contributed by atoms with Crippen molar-refractivity contribution in [2.24, 2.45) is 0 Å². The Kier molecular flexibility index (Phi) is 3.46. The highest BCUT2D eigenvalue weighted by atomic mass is 16.9. The van der Waals surface area contributed by atoms with Gasteiger partial charge in [-0.15, -0.1) is 0 Å². The van der Waals surface area contributed by atoms with E-state index in [4.69, 9.17) is 14.2 Å². The van der Waals surface area contributed by atoms with Crippen LogP contribution in [-0.2, 0) is 9.47 Å². The monoisotopic (exact) mass is 222 g/mol. The lowest BCUT2D eigenvalue weighted by molar-refractivity contribution is -0.186. The summed E-state index contributed by atoms with van der Waals surface area (Å²) in [6.45, 7) is 6.19. The van der Waals surface area contributed by atoms with Crippen molar-refractivity contribution in [2.75, 3.05) is 6.61 Å². The van der Waals surface area contributed by atoms with Crippen LogP contribution in [0.5, 0.6) is 5.75 Å². The van der Waals surface area contributed by atoms with Gasteiger partial charge in [0.05, 0.1) is 12.7 Å². The highest BCUT2D eigenvalue weighted by Gasteiger charge is 2.26. The molecule has 1 aromatic rings. The molecule has 3 nitrogen and oxygen atoms in total. The molecule has 1 saturated heterocycles. The Bertz CT molecular complexity index is 342. The minimum atomic E-state index is -0.551. The van der Waals surface area contributed by atoms with E-state index in [0.29, 0.717) is 6.61 Å². The van der Waals surface area contributed by atoms with Crippen LogP contribution in [-0.4, -0.2) is 19.2 Å². The molecule has 0 spiro atoms. The van der Waals surface area contributed by atoms with E-state index in [1.807, 2.05) is 32.0 Å². The second-order valence-electron chi connectivity index (χ2n) is 4.13. The zero-order valence-corrected chi connectivity index (χ0v) is 10.0. The van der Waals surface area contributed by atoms with E-state index in [-0.39, 0.29) is 6.10 Å². The first-order chi connectivity index (χ1) is 7.70. The first-order valence-corrected chi connectivity index (χ1v) is 5.70. The zero-order chi connectivity index (χ0) is 11.5. The Morgan fingerprint density at radius 1 is 1.31 bits per heavy atom. The van der Waals surface area contributed by atoms with E-state index >= 15 is 0 Å². The largest absolute Gasteiger partial charge is 0.441 e. The lowest BCUT2D eigenvalue weighted by Crippen LogP contribution is -2.19. The molecule has 16 heavy (non-hydrogen) atoms. The third-order valence-electron chi connectivity index (χ3n) is 2.80. The maximum atomic E-state index is 5.72. The van der Waals surface area contributed by atoms with Crippen LogP contribution >= 0.6 is 0 Å². The summed E-state index contributed by atoms with van der Waals surface area (Å²) >= 11 is 0. The van der Waals surface area contributed by atoms with Crippen LogP contribution in [0.25, 0.3) is 0 Å². The fraction of sp³-hybridized carbons (Fsp3) is 0.538. The van der Waals surface area contributed by atoms with E-state index in [9.17, 15) is 0 Å². The lowest BCUT2D eigenvalue weighted by atomic mass is 10.1. The Labute approximate surface area is 96.3 Å². The predicted molar refractivity (Wildman–Crippen MR) is 61.4 cm³/mol. The second-order valence-corrected chi connectivity index (χ2v) is 4.13. The molecule has 1 heterocycles. The van der Waals surface area contributed by atoms with Crippen molar-refractivity contribution < 1.29 is 14.2 Å². The normalized spacial score (nSPS) is 24.7. The Hall–Kier alpha value is -1.06. The molecule has 1 aromatic carbocycles. The van der Waals surface area contributed by atoms with E-state index in [1.165, 1.54) is 0 Å². The van der Waals surface area contributed by atoms with Crippen LogP contribution in [0.15, 0.2) is 18.2 Å². The van der Waals surface area contributed by atoms with Gasteiger partial charge in [0.1, 0.15) is 5.75 Å². The number of hydrogen-bond acceptors (Lipinski definition) is 3. The zero-order valence-electron chi connectivity index (χ0n) is 10.0. The fourth-order valence-electron chi connectivity index (χ4n) is 1.78. The quantitative estimate of drug-likeness (QED) is 0.787. The Morgan fingerprint density at radius 2 is 2.00 bits per heavy atom. The van der Waals surface area contributed by atoms with Gasteiger partial charge in [0.25, 0.3) is 0 Å². The van der Waals surface area contributed by atoms with Gasteiger partial charge in [0.15, 0.2) is 0 Å². The average Bonchev–Trinajstić information content (AvgIpc) is 2.71. The number of benzene rings is 1. The van der Waals surface area contributed by atoms with E-state index < -0.39 is 6.48 Å². The topological polar surface area (TPSA) is 27.7 Å². The molecule has 0 amide bonds. The van der Waals surface area contributed by atoms with E-state index in [1.54, 1.807) is 0 Å². The molecule has 1 fully saturated rings. The first kappa shape index (κ1) is 11.4. The molecule has 88 valence electrons. The maximum Gasteiger partial charge on any atom is 0.316 e. The molecule has 0 bridgehead atoms. The van der Waals surface area contributed by atoms with Gasteiger partial charge >= 0.3 is 6.48 Å². The second kappa shape index (κ2) is 4.85. The van der Waals surface area contributed by atoms with Gasteiger partial charge in [-0.2, -0.15) is 0 Å². The van der Waals surface area contributed by atoms with Gasteiger partial charge in [-0.3, -0.25) is 0 Å². The van der Waals surface area contributed by atoms with E-state index in [2.05, 4.69) is 6.92 Å². The Balaban J connectivity index is 2.04. The summed E-state index contributed by atoms with van der Waals surface area (Å²) in [7, 11) is 0. The highest BCUT2D eigenvalue weighted by Crippen LogP contribution is 2.26. The van der Waals surface area contributed by atoms with Crippen molar-refractivity contribution in [3.63, 3.8) is 0 Å². The molecule has 0 aliphatic carbocycles. The molecular weight excluding hydrogens is 204 g/mol. The molecule has 0 N–H and O–H groups in total. The van der Waals surface area contributed by atoms with Gasteiger partial charge < -0.3 is 14.2 Å².